The molecule has 0 fully saturated rings. The van der Waals surface area contributed by atoms with Gasteiger partial charge in [-0.15, -0.1) is 0 Å². The van der Waals surface area contributed by atoms with Gasteiger partial charge in [0, 0.05) is 11.9 Å². The van der Waals surface area contributed by atoms with Crippen LogP contribution in [0.4, 0.5) is 5.69 Å². The molecular weight excluding hydrogens is 362 g/mol. The largest absolute Gasteiger partial charge is 0.494 e. The average molecular weight is 386 g/mol. The summed E-state index contributed by atoms with van der Waals surface area (Å²) in [4.78, 5) is 17.1. The highest BCUT2D eigenvalue weighted by Crippen LogP contribution is 2.20. The number of aryl methyl sites for hydroxylation is 1. The number of hydrogen-bond acceptors (Lipinski definition) is 3. The molecule has 2 aromatic heterocycles. The summed E-state index contributed by atoms with van der Waals surface area (Å²) in [5, 5.41) is 3.46. The number of halogens is 1. The molecule has 0 aliphatic heterocycles. The fourth-order valence-corrected chi connectivity index (χ4v) is 3.11. The van der Waals surface area contributed by atoms with E-state index in [1.165, 1.54) is 19.3 Å². The number of hydrogen-bond donors (Lipinski definition) is 1. The van der Waals surface area contributed by atoms with Crippen molar-refractivity contribution in [2.24, 2.45) is 0 Å². The summed E-state index contributed by atoms with van der Waals surface area (Å²) in [6, 6.07) is 11.0. The van der Waals surface area contributed by atoms with Crippen LogP contribution in [0.1, 0.15) is 48.8 Å². The molecule has 142 valence electrons. The molecule has 27 heavy (non-hydrogen) atoms. The number of ether oxygens (including phenoxy) is 1. The molecule has 0 unspecified atom stereocenters. The van der Waals surface area contributed by atoms with Crippen molar-refractivity contribution in [2.45, 2.75) is 39.5 Å². The maximum Gasteiger partial charge on any atom is 0.274 e. The van der Waals surface area contributed by atoms with E-state index < -0.39 is 0 Å². The van der Waals surface area contributed by atoms with Gasteiger partial charge in [0.2, 0.25) is 0 Å². The lowest BCUT2D eigenvalue weighted by Crippen LogP contribution is -2.15. The van der Waals surface area contributed by atoms with Gasteiger partial charge in [-0.2, -0.15) is 0 Å². The van der Waals surface area contributed by atoms with Crippen LogP contribution in [0.2, 0.25) is 5.02 Å². The van der Waals surface area contributed by atoms with E-state index in [1.807, 2.05) is 31.2 Å². The minimum Gasteiger partial charge on any atom is -0.494 e. The van der Waals surface area contributed by atoms with Crippen LogP contribution in [-0.4, -0.2) is 21.9 Å². The number of aromatic nitrogens is 2. The molecule has 0 spiro atoms. The van der Waals surface area contributed by atoms with Gasteiger partial charge in [-0.1, -0.05) is 37.8 Å². The van der Waals surface area contributed by atoms with Gasteiger partial charge in [0.1, 0.15) is 17.1 Å². The maximum absolute atomic E-state index is 12.7. The van der Waals surface area contributed by atoms with Crippen LogP contribution < -0.4 is 10.1 Å². The minimum absolute atomic E-state index is 0.226. The summed E-state index contributed by atoms with van der Waals surface area (Å²) >= 11 is 6.06. The first-order chi connectivity index (χ1) is 13.1. The van der Waals surface area contributed by atoms with E-state index >= 15 is 0 Å². The maximum atomic E-state index is 12.7. The van der Waals surface area contributed by atoms with Gasteiger partial charge < -0.3 is 10.1 Å². The minimum atomic E-state index is -0.226. The number of carbonyl (C=O) groups excluding carboxylic acids is 1. The molecule has 3 aromatic rings. The third-order valence-electron chi connectivity index (χ3n) is 4.35. The molecule has 1 aromatic carbocycles. The first-order valence-corrected chi connectivity index (χ1v) is 9.64. The van der Waals surface area contributed by atoms with E-state index in [0.717, 1.165) is 12.2 Å². The molecule has 1 amide bonds. The summed E-state index contributed by atoms with van der Waals surface area (Å²) in [5.74, 6) is 0.581. The number of nitrogens with zero attached hydrogens (tertiary/aromatic N) is 2. The monoisotopic (exact) mass is 385 g/mol. The van der Waals surface area contributed by atoms with E-state index in [4.69, 9.17) is 16.3 Å². The number of benzene rings is 1. The van der Waals surface area contributed by atoms with Crippen LogP contribution >= 0.6 is 11.6 Å². The molecule has 1 N–H and O–H groups in total. The highest BCUT2D eigenvalue weighted by molar-refractivity contribution is 6.30. The molecule has 0 saturated heterocycles. The first-order valence-electron chi connectivity index (χ1n) is 9.27. The number of amides is 1. The lowest BCUT2D eigenvalue weighted by molar-refractivity contribution is 0.102. The van der Waals surface area contributed by atoms with Crippen molar-refractivity contribution in [1.29, 1.82) is 0 Å². The summed E-state index contributed by atoms with van der Waals surface area (Å²) < 4.78 is 7.44. The molecule has 0 aliphatic rings. The van der Waals surface area contributed by atoms with E-state index in [1.54, 1.807) is 22.7 Å². The van der Waals surface area contributed by atoms with Gasteiger partial charge in [-0.3, -0.25) is 9.20 Å². The number of unbranched alkanes of at least 4 members (excludes halogenated alkanes) is 3. The predicted octanol–water partition coefficient (Wildman–Crippen LogP) is 5.51. The van der Waals surface area contributed by atoms with Gasteiger partial charge in [0.05, 0.1) is 17.3 Å². The number of fused-ring (bicyclic) bond motifs is 1. The molecule has 0 saturated carbocycles. The number of imidazole rings is 1. The number of nitrogens with one attached hydrogen (secondary N) is 1. The fourth-order valence-electron chi connectivity index (χ4n) is 2.95. The van der Waals surface area contributed by atoms with Gasteiger partial charge in [0.15, 0.2) is 0 Å². The van der Waals surface area contributed by atoms with Crippen LogP contribution in [0.15, 0.2) is 42.6 Å². The molecule has 0 atom stereocenters. The zero-order valence-corrected chi connectivity index (χ0v) is 16.4. The van der Waals surface area contributed by atoms with Crippen molar-refractivity contribution in [2.75, 3.05) is 11.9 Å². The van der Waals surface area contributed by atoms with Crippen LogP contribution in [0.5, 0.6) is 5.75 Å². The molecule has 0 bridgehead atoms. The SMILES string of the molecule is CCCCCCOc1ccc(NC(=O)c2c(C)nc3ccc(Cl)cn23)cc1. The summed E-state index contributed by atoms with van der Waals surface area (Å²) in [6.45, 7) is 4.72. The molecule has 0 radical (unpaired) electrons. The summed E-state index contributed by atoms with van der Waals surface area (Å²) in [5.41, 5.74) is 2.52. The van der Waals surface area contributed by atoms with Crippen LogP contribution in [0, 0.1) is 6.92 Å². The zero-order chi connectivity index (χ0) is 19.2. The van der Waals surface area contributed by atoms with Crippen LogP contribution in [-0.2, 0) is 0 Å². The van der Waals surface area contributed by atoms with Gasteiger partial charge in [-0.05, 0) is 49.7 Å². The Morgan fingerprint density at radius 1 is 1.15 bits per heavy atom. The van der Waals surface area contributed by atoms with Crippen molar-refractivity contribution in [3.63, 3.8) is 0 Å². The highest BCUT2D eigenvalue weighted by Gasteiger charge is 2.17. The standard InChI is InChI=1S/C21H24ClN3O2/c1-3-4-5-6-13-27-18-10-8-17(9-11-18)24-21(26)20-15(2)23-19-12-7-16(22)14-25(19)20/h7-12,14H,3-6,13H2,1-2H3,(H,24,26). The normalized spacial score (nSPS) is 10.9. The lowest BCUT2D eigenvalue weighted by Gasteiger charge is -2.09. The number of rotatable bonds is 8. The van der Waals surface area contributed by atoms with E-state index in [0.29, 0.717) is 34.4 Å². The second-order valence-electron chi connectivity index (χ2n) is 6.51. The second-order valence-corrected chi connectivity index (χ2v) is 6.95. The van der Waals surface area contributed by atoms with Crippen molar-refractivity contribution in [1.82, 2.24) is 9.38 Å². The topological polar surface area (TPSA) is 55.6 Å². The Hall–Kier alpha value is -2.53. The molecule has 2 heterocycles. The second kappa shape index (κ2) is 8.91. The third kappa shape index (κ3) is 4.80. The van der Waals surface area contributed by atoms with Gasteiger partial charge >= 0.3 is 0 Å². The first kappa shape index (κ1) is 19.2. The highest BCUT2D eigenvalue weighted by atomic mass is 35.5. The van der Waals surface area contributed by atoms with Crippen molar-refractivity contribution in [3.8, 4) is 5.75 Å². The fraction of sp³-hybridized carbons (Fsp3) is 0.333. The molecule has 6 heteroatoms. The summed E-state index contributed by atoms with van der Waals surface area (Å²) in [6.07, 6.45) is 6.39. The van der Waals surface area contributed by atoms with E-state index in [9.17, 15) is 4.79 Å². The third-order valence-corrected chi connectivity index (χ3v) is 4.57. The lowest BCUT2D eigenvalue weighted by atomic mass is 10.2. The van der Waals surface area contributed by atoms with Gasteiger partial charge in [0.25, 0.3) is 5.91 Å². The summed E-state index contributed by atoms with van der Waals surface area (Å²) in [7, 11) is 0. The number of pyridine rings is 1. The smallest absolute Gasteiger partial charge is 0.274 e. The number of anilines is 1. The Labute approximate surface area is 164 Å². The van der Waals surface area contributed by atoms with E-state index in [-0.39, 0.29) is 5.91 Å². The van der Waals surface area contributed by atoms with Crippen LogP contribution in [0.25, 0.3) is 5.65 Å². The van der Waals surface area contributed by atoms with Crippen molar-refractivity contribution >= 4 is 28.8 Å². The Morgan fingerprint density at radius 3 is 2.67 bits per heavy atom. The number of carbonyl (C=O) groups is 1. The Balaban J connectivity index is 1.65. The molecule has 0 aliphatic carbocycles. The van der Waals surface area contributed by atoms with E-state index in [2.05, 4.69) is 17.2 Å². The Morgan fingerprint density at radius 2 is 1.93 bits per heavy atom. The Kier molecular flexibility index (Phi) is 6.35. The molecule has 5 nitrogen and oxygen atoms in total. The Bertz CT molecular complexity index is 919. The predicted molar refractivity (Wildman–Crippen MR) is 109 cm³/mol. The zero-order valence-electron chi connectivity index (χ0n) is 15.7. The van der Waals surface area contributed by atoms with Gasteiger partial charge in [-0.25, -0.2) is 4.98 Å². The average Bonchev–Trinajstić information content (AvgIpc) is 2.98. The molecular formula is C21H24ClN3O2. The molecule has 3 rings (SSSR count). The quantitative estimate of drug-likeness (QED) is 0.520. The van der Waals surface area contributed by atoms with Crippen molar-refractivity contribution < 1.29 is 9.53 Å². The van der Waals surface area contributed by atoms with Crippen molar-refractivity contribution in [3.05, 3.63) is 59.0 Å². The van der Waals surface area contributed by atoms with Crippen LogP contribution in [0.3, 0.4) is 0 Å².